The van der Waals surface area contributed by atoms with Crippen molar-refractivity contribution in [2.24, 2.45) is 5.92 Å². The lowest BCUT2D eigenvalue weighted by Crippen LogP contribution is -2.50. The minimum atomic E-state index is -3.90. The molecule has 10 nitrogen and oxygen atoms in total. The smallest absolute Gasteiger partial charge is 0.321 e. The number of nitrogens with zero attached hydrogens (tertiary/aromatic N) is 2. The van der Waals surface area contributed by atoms with Gasteiger partial charge in [-0.05, 0) is 48.7 Å². The molecule has 3 atom stereocenters. The number of aliphatic hydroxyl groups excluding tert-OH is 1. The number of likely N-dealkylation sites (N-methyl/N-ethyl adjacent to an activating group) is 1. The maximum absolute atomic E-state index is 13.8. The molecule has 0 spiro atoms. The SMILES string of the molecule is C[C@@H]1CN([C@H](C)CO)C(=O)c2cc(NS(=O)(=O)c3ccccc3)ccc2O[C@H]1CN(C)C(=O)Nc1cccc2ccccc12. The zero-order valence-electron chi connectivity index (χ0n) is 24.8. The summed E-state index contributed by atoms with van der Waals surface area (Å²) in [5.74, 6) is -0.355. The monoisotopic (exact) mass is 616 g/mol. The lowest BCUT2D eigenvalue weighted by Gasteiger charge is -2.38. The number of benzene rings is 4. The summed E-state index contributed by atoms with van der Waals surface area (Å²) in [6.45, 7) is 3.87. The van der Waals surface area contributed by atoms with Gasteiger partial charge in [-0.1, -0.05) is 61.5 Å². The number of hydrogen-bond acceptors (Lipinski definition) is 6. The number of carbonyl (C=O) groups excluding carboxylic acids is 2. The molecule has 4 aromatic carbocycles. The molecule has 0 fully saturated rings. The van der Waals surface area contributed by atoms with Gasteiger partial charge in [-0.2, -0.15) is 0 Å². The molecule has 0 bridgehead atoms. The van der Waals surface area contributed by atoms with E-state index in [2.05, 4.69) is 10.0 Å². The minimum Gasteiger partial charge on any atom is -0.487 e. The molecule has 5 rings (SSSR count). The Hall–Kier alpha value is -4.61. The molecule has 3 amide bonds. The first kappa shape index (κ1) is 30.8. The van der Waals surface area contributed by atoms with Crippen molar-refractivity contribution >= 4 is 44.1 Å². The Morgan fingerprint density at radius 1 is 1.05 bits per heavy atom. The number of sulfonamides is 1. The van der Waals surface area contributed by atoms with E-state index in [0.29, 0.717) is 5.69 Å². The summed E-state index contributed by atoms with van der Waals surface area (Å²) in [6.07, 6.45) is -0.523. The topological polar surface area (TPSA) is 128 Å². The van der Waals surface area contributed by atoms with Gasteiger partial charge in [0.15, 0.2) is 0 Å². The van der Waals surface area contributed by atoms with Crippen LogP contribution in [0.4, 0.5) is 16.2 Å². The molecule has 0 saturated heterocycles. The van der Waals surface area contributed by atoms with Crippen LogP contribution >= 0.6 is 0 Å². The molecule has 11 heteroatoms. The van der Waals surface area contributed by atoms with Crippen molar-refractivity contribution in [1.82, 2.24) is 9.80 Å². The number of anilines is 2. The van der Waals surface area contributed by atoms with Crippen molar-refractivity contribution in [3.05, 3.63) is 96.6 Å². The van der Waals surface area contributed by atoms with Gasteiger partial charge in [0.1, 0.15) is 11.9 Å². The standard InChI is InChI=1S/C33H36N4O6S/c1-22-19-37(23(2)21-38)32(39)28-18-25(35-44(41,42)26-12-5-4-6-13-26)16-17-30(28)43-31(22)20-36(3)33(40)34-29-15-9-11-24-10-7-8-14-27(24)29/h4-18,22-23,31,35,38H,19-21H2,1-3H3,(H,34,40)/t22-,23-,31+/m1/s1. The molecular formula is C33H36N4O6S. The van der Waals surface area contributed by atoms with Gasteiger partial charge in [0.2, 0.25) is 0 Å². The lowest BCUT2D eigenvalue weighted by atomic mass is 9.99. The number of aliphatic hydroxyl groups is 1. The number of fused-ring (bicyclic) bond motifs is 2. The van der Waals surface area contributed by atoms with Crippen LogP contribution in [0.2, 0.25) is 0 Å². The highest BCUT2D eigenvalue weighted by atomic mass is 32.2. The number of nitrogens with one attached hydrogen (secondary N) is 2. The molecule has 3 N–H and O–H groups in total. The Labute approximate surface area is 257 Å². The van der Waals surface area contributed by atoms with Crippen LogP contribution in [0, 0.1) is 5.92 Å². The fourth-order valence-electron chi connectivity index (χ4n) is 5.22. The van der Waals surface area contributed by atoms with Crippen LogP contribution in [0.5, 0.6) is 5.75 Å². The molecule has 0 aromatic heterocycles. The molecule has 0 saturated carbocycles. The van der Waals surface area contributed by atoms with Gasteiger partial charge < -0.3 is 25.0 Å². The zero-order valence-corrected chi connectivity index (χ0v) is 25.6. The van der Waals surface area contributed by atoms with E-state index < -0.39 is 28.1 Å². The van der Waals surface area contributed by atoms with Crippen molar-refractivity contribution in [2.45, 2.75) is 30.9 Å². The van der Waals surface area contributed by atoms with Gasteiger partial charge in [0.25, 0.3) is 15.9 Å². The molecule has 1 aliphatic heterocycles. The van der Waals surface area contributed by atoms with E-state index in [9.17, 15) is 23.1 Å². The Morgan fingerprint density at radius 2 is 1.75 bits per heavy atom. The van der Waals surface area contributed by atoms with Gasteiger partial charge >= 0.3 is 6.03 Å². The average molecular weight is 617 g/mol. The maximum Gasteiger partial charge on any atom is 0.321 e. The summed E-state index contributed by atoms with van der Waals surface area (Å²) in [7, 11) is -2.22. The second-order valence-corrected chi connectivity index (χ2v) is 12.8. The molecule has 0 aliphatic carbocycles. The third kappa shape index (κ3) is 6.63. The van der Waals surface area contributed by atoms with E-state index in [4.69, 9.17) is 4.74 Å². The molecular weight excluding hydrogens is 580 g/mol. The Kier molecular flexibility index (Phi) is 9.07. The fraction of sp³-hybridized carbons (Fsp3) is 0.273. The first-order chi connectivity index (χ1) is 21.1. The predicted molar refractivity (Wildman–Crippen MR) is 170 cm³/mol. The van der Waals surface area contributed by atoms with Gasteiger partial charge in [0, 0.05) is 30.6 Å². The molecule has 44 heavy (non-hydrogen) atoms. The number of hydrogen-bond donors (Lipinski definition) is 3. The molecule has 230 valence electrons. The quantitative estimate of drug-likeness (QED) is 0.255. The molecule has 0 radical (unpaired) electrons. The van der Waals surface area contributed by atoms with E-state index in [1.807, 2.05) is 49.4 Å². The molecule has 1 heterocycles. The van der Waals surface area contributed by atoms with E-state index in [1.54, 1.807) is 43.1 Å². The highest BCUT2D eigenvalue weighted by Crippen LogP contribution is 2.32. The largest absolute Gasteiger partial charge is 0.487 e. The number of rotatable bonds is 8. The second-order valence-electron chi connectivity index (χ2n) is 11.1. The van der Waals surface area contributed by atoms with Crippen LogP contribution in [0.15, 0.2) is 95.9 Å². The van der Waals surface area contributed by atoms with Crippen LogP contribution in [0.25, 0.3) is 10.8 Å². The fourth-order valence-corrected chi connectivity index (χ4v) is 6.29. The number of carbonyl (C=O) groups is 2. The zero-order chi connectivity index (χ0) is 31.4. The van der Waals surface area contributed by atoms with Crippen molar-refractivity contribution < 1.29 is 27.9 Å². The van der Waals surface area contributed by atoms with Crippen LogP contribution in [-0.4, -0.2) is 74.2 Å². The summed E-state index contributed by atoms with van der Waals surface area (Å²) in [5, 5.41) is 14.9. The summed E-state index contributed by atoms with van der Waals surface area (Å²) in [5.41, 5.74) is 1.03. The van der Waals surface area contributed by atoms with Crippen molar-refractivity contribution in [3.8, 4) is 5.75 Å². The van der Waals surface area contributed by atoms with Gasteiger partial charge in [-0.15, -0.1) is 0 Å². The normalized spacial score (nSPS) is 17.5. The van der Waals surface area contributed by atoms with E-state index >= 15 is 0 Å². The maximum atomic E-state index is 13.8. The van der Waals surface area contributed by atoms with E-state index in [0.717, 1.165) is 10.8 Å². The second kappa shape index (κ2) is 12.9. The van der Waals surface area contributed by atoms with Gasteiger partial charge in [-0.3, -0.25) is 9.52 Å². The highest BCUT2D eigenvalue weighted by molar-refractivity contribution is 7.92. The van der Waals surface area contributed by atoms with Gasteiger partial charge in [0.05, 0.1) is 35.3 Å². The summed E-state index contributed by atoms with van der Waals surface area (Å²) >= 11 is 0. The Balaban J connectivity index is 1.40. The summed E-state index contributed by atoms with van der Waals surface area (Å²) < 4.78 is 34.8. The first-order valence-corrected chi connectivity index (χ1v) is 15.9. The van der Waals surface area contributed by atoms with Crippen LogP contribution in [-0.2, 0) is 10.0 Å². The average Bonchev–Trinajstić information content (AvgIpc) is 3.03. The third-order valence-corrected chi connectivity index (χ3v) is 9.20. The van der Waals surface area contributed by atoms with Crippen LogP contribution in [0.3, 0.4) is 0 Å². The third-order valence-electron chi connectivity index (χ3n) is 7.80. The van der Waals surface area contributed by atoms with Crippen molar-refractivity contribution in [3.63, 3.8) is 0 Å². The summed E-state index contributed by atoms with van der Waals surface area (Å²) in [6, 6.07) is 25.1. The Morgan fingerprint density at radius 3 is 2.50 bits per heavy atom. The van der Waals surface area contributed by atoms with Crippen LogP contribution in [0.1, 0.15) is 24.2 Å². The minimum absolute atomic E-state index is 0.0866. The van der Waals surface area contributed by atoms with E-state index in [1.165, 1.54) is 29.2 Å². The number of urea groups is 1. The molecule has 4 aromatic rings. The van der Waals surface area contributed by atoms with Crippen molar-refractivity contribution in [1.29, 1.82) is 0 Å². The molecule has 1 aliphatic rings. The number of amides is 3. The van der Waals surface area contributed by atoms with Crippen molar-refractivity contribution in [2.75, 3.05) is 36.8 Å². The predicted octanol–water partition coefficient (Wildman–Crippen LogP) is 5.02. The van der Waals surface area contributed by atoms with E-state index in [-0.39, 0.29) is 53.5 Å². The Bertz CT molecular complexity index is 1760. The first-order valence-electron chi connectivity index (χ1n) is 14.4. The van der Waals surface area contributed by atoms with Gasteiger partial charge in [-0.25, -0.2) is 13.2 Å². The number of ether oxygens (including phenoxy) is 1. The molecule has 0 unspecified atom stereocenters. The lowest BCUT2D eigenvalue weighted by molar-refractivity contribution is 0.0371. The summed E-state index contributed by atoms with van der Waals surface area (Å²) in [4.78, 5) is 30.2. The highest BCUT2D eigenvalue weighted by Gasteiger charge is 2.34. The van der Waals surface area contributed by atoms with Crippen LogP contribution < -0.4 is 14.8 Å².